The fraction of sp³-hybridized carbons (Fsp3) is 0.143. The average molecular weight is 315 g/mol. The SMILES string of the molecule is Cc1ccccc1NC(=O)CSc1nc2[nH]ncc2c(=O)[nH]1. The zero-order valence-electron chi connectivity index (χ0n) is 11.7. The number of aromatic amines is 2. The lowest BCUT2D eigenvalue weighted by Gasteiger charge is -2.07. The van der Waals surface area contributed by atoms with Crippen molar-refractivity contribution in [1.29, 1.82) is 0 Å². The number of hydrogen-bond acceptors (Lipinski definition) is 5. The van der Waals surface area contributed by atoms with E-state index >= 15 is 0 Å². The third-order valence-electron chi connectivity index (χ3n) is 3.06. The molecule has 2 heterocycles. The van der Waals surface area contributed by atoms with Crippen molar-refractivity contribution in [3.05, 3.63) is 46.4 Å². The Labute approximate surface area is 129 Å². The molecule has 0 radical (unpaired) electrons. The van der Waals surface area contributed by atoms with Gasteiger partial charge in [-0.2, -0.15) is 5.10 Å². The second-order valence-corrected chi connectivity index (χ2v) is 5.62. The van der Waals surface area contributed by atoms with Gasteiger partial charge in [-0.15, -0.1) is 0 Å². The van der Waals surface area contributed by atoms with E-state index < -0.39 is 0 Å². The van der Waals surface area contributed by atoms with Crippen LogP contribution in [0.3, 0.4) is 0 Å². The molecule has 22 heavy (non-hydrogen) atoms. The number of aromatic nitrogens is 4. The summed E-state index contributed by atoms with van der Waals surface area (Å²) in [6.07, 6.45) is 1.42. The molecule has 0 aliphatic heterocycles. The van der Waals surface area contributed by atoms with Gasteiger partial charge < -0.3 is 10.3 Å². The number of rotatable bonds is 4. The first-order chi connectivity index (χ1) is 10.6. The van der Waals surface area contributed by atoms with Gasteiger partial charge in [-0.3, -0.25) is 14.7 Å². The van der Waals surface area contributed by atoms with E-state index in [0.29, 0.717) is 16.2 Å². The third kappa shape index (κ3) is 3.01. The van der Waals surface area contributed by atoms with E-state index in [1.54, 1.807) is 0 Å². The highest BCUT2D eigenvalue weighted by Gasteiger charge is 2.09. The number of hydrogen-bond donors (Lipinski definition) is 3. The van der Waals surface area contributed by atoms with Crippen LogP contribution in [-0.2, 0) is 4.79 Å². The van der Waals surface area contributed by atoms with Crippen molar-refractivity contribution in [2.75, 3.05) is 11.1 Å². The van der Waals surface area contributed by atoms with Gasteiger partial charge in [0.05, 0.1) is 11.9 Å². The average Bonchev–Trinajstić information content (AvgIpc) is 2.97. The van der Waals surface area contributed by atoms with Crippen LogP contribution in [0.15, 0.2) is 40.4 Å². The van der Waals surface area contributed by atoms with E-state index in [9.17, 15) is 9.59 Å². The topological polar surface area (TPSA) is 104 Å². The second kappa shape index (κ2) is 6.02. The van der Waals surface area contributed by atoms with Gasteiger partial charge in [-0.1, -0.05) is 30.0 Å². The summed E-state index contributed by atoms with van der Waals surface area (Å²) in [6, 6.07) is 7.54. The van der Waals surface area contributed by atoms with Crippen LogP contribution >= 0.6 is 11.8 Å². The van der Waals surface area contributed by atoms with Crippen LogP contribution in [0.1, 0.15) is 5.56 Å². The highest BCUT2D eigenvalue weighted by Crippen LogP contribution is 2.16. The minimum Gasteiger partial charge on any atom is -0.325 e. The lowest BCUT2D eigenvalue weighted by Crippen LogP contribution is -2.16. The number of nitrogens with one attached hydrogen (secondary N) is 3. The molecule has 2 aromatic heterocycles. The normalized spacial score (nSPS) is 10.8. The van der Waals surface area contributed by atoms with Gasteiger partial charge in [0.15, 0.2) is 10.8 Å². The quantitative estimate of drug-likeness (QED) is 0.502. The molecule has 3 aromatic rings. The molecule has 0 atom stereocenters. The van der Waals surface area contributed by atoms with Crippen LogP contribution in [0, 0.1) is 6.92 Å². The largest absolute Gasteiger partial charge is 0.325 e. The van der Waals surface area contributed by atoms with E-state index in [0.717, 1.165) is 23.0 Å². The zero-order chi connectivity index (χ0) is 15.5. The molecular formula is C14H13N5O2S. The maximum absolute atomic E-state index is 12.0. The van der Waals surface area contributed by atoms with Gasteiger partial charge in [0.25, 0.3) is 5.56 Å². The molecule has 0 aliphatic rings. The van der Waals surface area contributed by atoms with Crippen LogP contribution in [0.25, 0.3) is 11.0 Å². The third-order valence-corrected chi connectivity index (χ3v) is 3.93. The second-order valence-electron chi connectivity index (χ2n) is 4.66. The molecule has 1 amide bonds. The number of carbonyl (C=O) groups is 1. The molecule has 0 unspecified atom stereocenters. The van der Waals surface area contributed by atoms with E-state index in [-0.39, 0.29) is 17.2 Å². The van der Waals surface area contributed by atoms with Gasteiger partial charge in [0.1, 0.15) is 5.39 Å². The minimum atomic E-state index is -0.277. The smallest absolute Gasteiger partial charge is 0.262 e. The number of anilines is 1. The number of carbonyl (C=O) groups excluding carboxylic acids is 1. The summed E-state index contributed by atoms with van der Waals surface area (Å²) in [6.45, 7) is 1.92. The number of amides is 1. The number of fused-ring (bicyclic) bond motifs is 1. The highest BCUT2D eigenvalue weighted by molar-refractivity contribution is 7.99. The lowest BCUT2D eigenvalue weighted by atomic mass is 10.2. The molecule has 0 fully saturated rings. The lowest BCUT2D eigenvalue weighted by molar-refractivity contribution is -0.113. The predicted octanol–water partition coefficient (Wildman–Crippen LogP) is 1.69. The fourth-order valence-electron chi connectivity index (χ4n) is 1.93. The number of aryl methyl sites for hydroxylation is 1. The van der Waals surface area contributed by atoms with Crippen LogP contribution in [0.4, 0.5) is 5.69 Å². The van der Waals surface area contributed by atoms with Crippen molar-refractivity contribution in [3.63, 3.8) is 0 Å². The molecule has 8 heteroatoms. The molecule has 0 bridgehead atoms. The first-order valence-corrected chi connectivity index (χ1v) is 7.54. The number of thioether (sulfide) groups is 1. The Morgan fingerprint density at radius 3 is 3.00 bits per heavy atom. The maximum Gasteiger partial charge on any atom is 0.262 e. The Kier molecular flexibility index (Phi) is 3.92. The number of nitrogens with zero attached hydrogens (tertiary/aromatic N) is 2. The summed E-state index contributed by atoms with van der Waals surface area (Å²) < 4.78 is 0. The van der Waals surface area contributed by atoms with Crippen molar-refractivity contribution in [3.8, 4) is 0 Å². The molecule has 0 spiro atoms. The van der Waals surface area contributed by atoms with Crippen LogP contribution in [0.2, 0.25) is 0 Å². The van der Waals surface area contributed by atoms with Crippen LogP contribution in [0.5, 0.6) is 0 Å². The van der Waals surface area contributed by atoms with Crippen molar-refractivity contribution in [1.82, 2.24) is 20.2 Å². The van der Waals surface area contributed by atoms with Crippen molar-refractivity contribution in [2.45, 2.75) is 12.1 Å². The first kappa shape index (κ1) is 14.3. The Morgan fingerprint density at radius 2 is 2.18 bits per heavy atom. The number of para-hydroxylation sites is 1. The predicted molar refractivity (Wildman–Crippen MR) is 85.0 cm³/mol. The Hall–Kier alpha value is -2.61. The van der Waals surface area contributed by atoms with Crippen LogP contribution in [-0.4, -0.2) is 31.8 Å². The molecule has 0 saturated carbocycles. The van der Waals surface area contributed by atoms with Gasteiger partial charge in [-0.05, 0) is 18.6 Å². The highest BCUT2D eigenvalue weighted by atomic mass is 32.2. The first-order valence-electron chi connectivity index (χ1n) is 6.55. The molecule has 0 saturated heterocycles. The molecule has 3 N–H and O–H groups in total. The van der Waals surface area contributed by atoms with E-state index in [1.807, 2.05) is 31.2 Å². The Bertz CT molecular complexity index is 886. The van der Waals surface area contributed by atoms with Gasteiger partial charge in [-0.25, -0.2) is 4.98 Å². The zero-order valence-corrected chi connectivity index (χ0v) is 12.5. The summed E-state index contributed by atoms with van der Waals surface area (Å²) in [5.74, 6) is -0.0108. The Balaban J connectivity index is 1.67. The summed E-state index contributed by atoms with van der Waals surface area (Å²) in [7, 11) is 0. The standard InChI is InChI=1S/C14H13N5O2S/c1-8-4-2-3-5-10(8)16-11(20)7-22-14-17-12-9(6-15-19-12)13(21)18-14/h2-6H,7H2,1H3,(H,16,20)(H2,15,17,18,19,21). The maximum atomic E-state index is 12.0. The Morgan fingerprint density at radius 1 is 1.36 bits per heavy atom. The van der Waals surface area contributed by atoms with Crippen molar-refractivity contribution in [2.24, 2.45) is 0 Å². The van der Waals surface area contributed by atoms with E-state index in [1.165, 1.54) is 6.20 Å². The van der Waals surface area contributed by atoms with Gasteiger partial charge >= 0.3 is 0 Å². The summed E-state index contributed by atoms with van der Waals surface area (Å²) in [5.41, 5.74) is 1.90. The minimum absolute atomic E-state index is 0.150. The molecule has 0 aliphatic carbocycles. The van der Waals surface area contributed by atoms with Crippen molar-refractivity contribution < 1.29 is 4.79 Å². The van der Waals surface area contributed by atoms with Gasteiger partial charge in [0.2, 0.25) is 5.91 Å². The molecular weight excluding hydrogens is 302 g/mol. The molecule has 1 aromatic carbocycles. The molecule has 3 rings (SSSR count). The number of H-pyrrole nitrogens is 2. The van der Waals surface area contributed by atoms with Gasteiger partial charge in [0, 0.05) is 5.69 Å². The number of benzene rings is 1. The summed E-state index contributed by atoms with van der Waals surface area (Å²) in [5, 5.41) is 10.0. The fourth-order valence-corrected chi connectivity index (χ4v) is 2.59. The molecule has 112 valence electrons. The summed E-state index contributed by atoms with van der Waals surface area (Å²) >= 11 is 1.16. The molecule has 7 nitrogen and oxygen atoms in total. The van der Waals surface area contributed by atoms with Crippen LogP contribution < -0.4 is 10.9 Å². The monoisotopic (exact) mass is 315 g/mol. The van der Waals surface area contributed by atoms with E-state index in [2.05, 4.69) is 25.5 Å². The van der Waals surface area contributed by atoms with E-state index in [4.69, 9.17) is 0 Å². The van der Waals surface area contributed by atoms with Crippen molar-refractivity contribution >= 4 is 34.4 Å². The summed E-state index contributed by atoms with van der Waals surface area (Å²) in [4.78, 5) is 30.6.